The van der Waals surface area contributed by atoms with E-state index < -0.39 is 11.9 Å². The Hall–Kier alpha value is -1.58. The van der Waals surface area contributed by atoms with Crippen molar-refractivity contribution in [3.63, 3.8) is 0 Å². The van der Waals surface area contributed by atoms with Gasteiger partial charge in [0.1, 0.15) is 0 Å². The van der Waals surface area contributed by atoms with E-state index in [2.05, 4.69) is 0 Å². The SMILES string of the molecule is CC(=CCCCCCCCCCCCCCCCC=C(C)C(=O)O)C(=O)O. The normalized spacial score (nSPS) is 12.4. The van der Waals surface area contributed by atoms with Crippen molar-refractivity contribution in [2.45, 2.75) is 110 Å². The average molecular weight is 381 g/mol. The molecule has 0 fully saturated rings. The Labute approximate surface area is 165 Å². The van der Waals surface area contributed by atoms with E-state index in [9.17, 15) is 9.59 Å². The quantitative estimate of drug-likeness (QED) is 0.200. The maximum atomic E-state index is 10.6. The monoisotopic (exact) mass is 380 g/mol. The molecular weight excluding hydrogens is 340 g/mol. The molecule has 0 heterocycles. The molecule has 0 amide bonds. The molecule has 0 atom stereocenters. The van der Waals surface area contributed by atoms with E-state index in [1.54, 1.807) is 13.8 Å². The standard InChI is InChI=1S/C23H40O4/c1-20(22(24)25)18-16-14-12-10-8-6-4-3-5-7-9-11-13-15-17-19-21(2)23(26)27/h18-19H,3-17H2,1-2H3,(H,24,25)(H,26,27). The molecule has 0 spiro atoms. The van der Waals surface area contributed by atoms with Gasteiger partial charge in [0, 0.05) is 11.1 Å². The maximum absolute atomic E-state index is 10.6. The highest BCUT2D eigenvalue weighted by atomic mass is 16.4. The number of carboxylic acids is 2. The second-order valence-electron chi connectivity index (χ2n) is 7.56. The molecule has 0 saturated carbocycles. The Kier molecular flexibility index (Phi) is 16.8. The van der Waals surface area contributed by atoms with Crippen molar-refractivity contribution >= 4 is 11.9 Å². The number of carboxylic acid groups (broad SMARTS) is 2. The fourth-order valence-electron chi connectivity index (χ4n) is 3.04. The fraction of sp³-hybridized carbons (Fsp3) is 0.739. The van der Waals surface area contributed by atoms with E-state index in [-0.39, 0.29) is 0 Å². The minimum atomic E-state index is -0.807. The van der Waals surface area contributed by atoms with E-state index in [0.29, 0.717) is 11.1 Å². The first-order valence-electron chi connectivity index (χ1n) is 10.7. The number of aliphatic carboxylic acids is 2. The summed E-state index contributed by atoms with van der Waals surface area (Å²) in [4.78, 5) is 21.3. The van der Waals surface area contributed by atoms with Crippen LogP contribution >= 0.6 is 0 Å². The molecule has 156 valence electrons. The molecule has 0 unspecified atom stereocenters. The summed E-state index contributed by atoms with van der Waals surface area (Å²) < 4.78 is 0. The molecule has 27 heavy (non-hydrogen) atoms. The Morgan fingerprint density at radius 3 is 0.963 bits per heavy atom. The van der Waals surface area contributed by atoms with Gasteiger partial charge in [-0.3, -0.25) is 0 Å². The molecule has 0 bridgehead atoms. The highest BCUT2D eigenvalue weighted by Crippen LogP contribution is 2.14. The van der Waals surface area contributed by atoms with Crippen molar-refractivity contribution in [2.24, 2.45) is 0 Å². The van der Waals surface area contributed by atoms with Gasteiger partial charge in [-0.15, -0.1) is 0 Å². The lowest BCUT2D eigenvalue weighted by Gasteiger charge is -2.03. The topological polar surface area (TPSA) is 74.6 Å². The van der Waals surface area contributed by atoms with E-state index in [0.717, 1.165) is 25.7 Å². The summed E-state index contributed by atoms with van der Waals surface area (Å²) in [6.45, 7) is 3.31. The Morgan fingerprint density at radius 2 is 0.741 bits per heavy atom. The van der Waals surface area contributed by atoms with Gasteiger partial charge in [0.25, 0.3) is 0 Å². The van der Waals surface area contributed by atoms with Crippen LogP contribution in [-0.4, -0.2) is 22.2 Å². The molecule has 0 aromatic carbocycles. The molecule has 0 saturated heterocycles. The lowest BCUT2D eigenvalue weighted by molar-refractivity contribution is -0.133. The molecule has 0 aliphatic carbocycles. The first kappa shape index (κ1) is 25.4. The van der Waals surface area contributed by atoms with Gasteiger partial charge in [0.2, 0.25) is 0 Å². The first-order chi connectivity index (χ1) is 12.9. The molecule has 0 aromatic heterocycles. The summed E-state index contributed by atoms with van der Waals surface area (Å²) in [7, 11) is 0. The van der Waals surface area contributed by atoms with Crippen LogP contribution in [0.3, 0.4) is 0 Å². The highest BCUT2D eigenvalue weighted by molar-refractivity contribution is 5.86. The molecule has 4 heteroatoms. The number of hydrogen-bond donors (Lipinski definition) is 2. The summed E-state index contributed by atoms with van der Waals surface area (Å²) in [5, 5.41) is 17.5. The Balaban J connectivity index is 3.23. The van der Waals surface area contributed by atoms with Crippen LogP contribution in [0.25, 0.3) is 0 Å². The predicted octanol–water partition coefficient (Wildman–Crippen LogP) is 6.90. The third-order valence-electron chi connectivity index (χ3n) is 4.98. The third kappa shape index (κ3) is 17.6. The second kappa shape index (κ2) is 17.8. The van der Waals surface area contributed by atoms with Gasteiger partial charge in [0.05, 0.1) is 0 Å². The van der Waals surface area contributed by atoms with Crippen LogP contribution in [0, 0.1) is 0 Å². The van der Waals surface area contributed by atoms with Gasteiger partial charge in [-0.1, -0.05) is 82.8 Å². The maximum Gasteiger partial charge on any atom is 0.330 e. The lowest BCUT2D eigenvalue weighted by Crippen LogP contribution is -1.95. The number of hydrogen-bond acceptors (Lipinski definition) is 2. The number of allylic oxidation sites excluding steroid dienone is 2. The zero-order chi connectivity index (χ0) is 20.3. The van der Waals surface area contributed by atoms with Crippen LogP contribution in [0.2, 0.25) is 0 Å². The van der Waals surface area contributed by atoms with Crippen molar-refractivity contribution < 1.29 is 19.8 Å². The zero-order valence-electron chi connectivity index (χ0n) is 17.5. The summed E-state index contributed by atoms with van der Waals surface area (Å²) in [5.74, 6) is -1.61. The summed E-state index contributed by atoms with van der Waals surface area (Å²) in [5.41, 5.74) is 0.917. The van der Waals surface area contributed by atoms with Gasteiger partial charge in [-0.25, -0.2) is 9.59 Å². The van der Waals surface area contributed by atoms with Crippen LogP contribution in [0.1, 0.15) is 110 Å². The van der Waals surface area contributed by atoms with Gasteiger partial charge in [-0.2, -0.15) is 0 Å². The number of unbranched alkanes of at least 4 members (excludes halogenated alkanes) is 14. The number of carbonyl (C=O) groups is 2. The van der Waals surface area contributed by atoms with Crippen molar-refractivity contribution in [1.82, 2.24) is 0 Å². The molecule has 0 rings (SSSR count). The fourth-order valence-corrected chi connectivity index (χ4v) is 3.04. The predicted molar refractivity (Wildman–Crippen MR) is 112 cm³/mol. The van der Waals surface area contributed by atoms with Crippen molar-refractivity contribution in [2.75, 3.05) is 0 Å². The lowest BCUT2D eigenvalue weighted by atomic mass is 10.0. The van der Waals surface area contributed by atoms with E-state index >= 15 is 0 Å². The van der Waals surface area contributed by atoms with E-state index in [1.165, 1.54) is 70.6 Å². The van der Waals surface area contributed by atoms with Gasteiger partial charge in [-0.05, 0) is 39.5 Å². The van der Waals surface area contributed by atoms with E-state index in [4.69, 9.17) is 10.2 Å². The molecule has 0 aliphatic rings. The average Bonchev–Trinajstić information content (AvgIpc) is 2.63. The van der Waals surface area contributed by atoms with Gasteiger partial charge < -0.3 is 10.2 Å². The van der Waals surface area contributed by atoms with Crippen LogP contribution in [-0.2, 0) is 9.59 Å². The van der Waals surface area contributed by atoms with Crippen LogP contribution < -0.4 is 0 Å². The summed E-state index contributed by atoms with van der Waals surface area (Å²) in [6.07, 6.45) is 21.8. The van der Waals surface area contributed by atoms with Crippen LogP contribution in [0.15, 0.2) is 23.3 Å². The molecule has 0 aliphatic heterocycles. The molecule has 4 nitrogen and oxygen atoms in total. The Bertz CT molecular complexity index is 421. The van der Waals surface area contributed by atoms with E-state index in [1.807, 2.05) is 12.2 Å². The minimum absolute atomic E-state index is 0.458. The van der Waals surface area contributed by atoms with Crippen molar-refractivity contribution in [3.05, 3.63) is 23.3 Å². The van der Waals surface area contributed by atoms with Crippen molar-refractivity contribution in [1.29, 1.82) is 0 Å². The molecular formula is C23H40O4. The van der Waals surface area contributed by atoms with Gasteiger partial charge in [0.15, 0.2) is 0 Å². The second-order valence-corrected chi connectivity index (χ2v) is 7.56. The highest BCUT2D eigenvalue weighted by Gasteiger charge is 1.99. The molecule has 0 aromatic rings. The Morgan fingerprint density at radius 1 is 0.519 bits per heavy atom. The number of rotatable bonds is 18. The van der Waals surface area contributed by atoms with Gasteiger partial charge >= 0.3 is 11.9 Å². The molecule has 0 radical (unpaired) electrons. The minimum Gasteiger partial charge on any atom is -0.478 e. The first-order valence-corrected chi connectivity index (χ1v) is 10.7. The summed E-state index contributed by atoms with van der Waals surface area (Å²) in [6, 6.07) is 0. The van der Waals surface area contributed by atoms with Crippen LogP contribution in [0.4, 0.5) is 0 Å². The summed E-state index contributed by atoms with van der Waals surface area (Å²) >= 11 is 0. The molecule has 2 N–H and O–H groups in total. The smallest absolute Gasteiger partial charge is 0.330 e. The van der Waals surface area contributed by atoms with Crippen molar-refractivity contribution in [3.8, 4) is 0 Å². The zero-order valence-corrected chi connectivity index (χ0v) is 17.5. The largest absolute Gasteiger partial charge is 0.478 e. The van der Waals surface area contributed by atoms with Crippen LogP contribution in [0.5, 0.6) is 0 Å². The third-order valence-corrected chi connectivity index (χ3v) is 4.98.